The number of hydrogen-bond acceptors (Lipinski definition) is 8. The van der Waals surface area contributed by atoms with Crippen LogP contribution in [0.2, 0.25) is 0 Å². The predicted octanol–water partition coefficient (Wildman–Crippen LogP) is -0.907. The van der Waals surface area contributed by atoms with Gasteiger partial charge in [-0.1, -0.05) is 12.1 Å². The van der Waals surface area contributed by atoms with Crippen LogP contribution in [0.15, 0.2) is 24.3 Å². The van der Waals surface area contributed by atoms with E-state index in [9.17, 15) is 14.4 Å². The van der Waals surface area contributed by atoms with Gasteiger partial charge in [0, 0.05) is 5.75 Å². The van der Waals surface area contributed by atoms with Gasteiger partial charge in [-0.3, -0.25) is 14.4 Å². The Morgan fingerprint density at radius 1 is 0.923 bits per heavy atom. The number of carbonyl (C=O) groups is 3. The van der Waals surface area contributed by atoms with Crippen molar-refractivity contribution in [2.45, 2.75) is 31.5 Å². The van der Waals surface area contributed by atoms with Gasteiger partial charge in [-0.25, -0.2) is 0 Å². The largest absolute Gasteiger partial charge is 0.508 e. The number of thiol groups is 1. The van der Waals surface area contributed by atoms with Gasteiger partial charge in [-0.15, -0.1) is 0 Å². The van der Waals surface area contributed by atoms with Gasteiger partial charge in [0.25, 0.3) is 0 Å². The molecule has 148 valence electrons. The lowest BCUT2D eigenvalue weighted by atomic mass is 10.1. The maximum Gasteiger partial charge on any atom is 0.321 e. The molecule has 0 spiro atoms. The third kappa shape index (κ3) is 14.0. The fourth-order valence-corrected chi connectivity index (χ4v) is 1.21. The first-order chi connectivity index (χ1) is 11.9. The van der Waals surface area contributed by atoms with E-state index in [0.29, 0.717) is 0 Å². The Morgan fingerprint density at radius 2 is 1.31 bits per heavy atom. The molecule has 1 rings (SSSR count). The predicted molar refractivity (Wildman–Crippen MR) is 98.2 cm³/mol. The summed E-state index contributed by atoms with van der Waals surface area (Å²) in [5.41, 5.74) is 15.9. The Morgan fingerprint density at radius 3 is 1.54 bits per heavy atom. The molecule has 0 radical (unpaired) electrons. The fourth-order valence-electron chi connectivity index (χ4n) is 1.05. The normalized spacial score (nSPS) is 13.0. The zero-order valence-corrected chi connectivity index (χ0v) is 15.0. The van der Waals surface area contributed by atoms with E-state index < -0.39 is 36.0 Å². The quantitative estimate of drug-likeness (QED) is 0.280. The van der Waals surface area contributed by atoms with E-state index in [-0.39, 0.29) is 17.9 Å². The van der Waals surface area contributed by atoms with Crippen molar-refractivity contribution in [2.24, 2.45) is 17.2 Å². The zero-order chi connectivity index (χ0) is 20.9. The lowest BCUT2D eigenvalue weighted by Gasteiger charge is -2.05. The average Bonchev–Trinajstić information content (AvgIpc) is 2.56. The van der Waals surface area contributed by atoms with E-state index >= 15 is 0 Å². The molecular formula is C15H25N3O7S. The summed E-state index contributed by atoms with van der Waals surface area (Å²) in [6.07, 6.45) is 0.273. The number of rotatable bonds is 6. The Balaban J connectivity index is 0. The van der Waals surface area contributed by atoms with Gasteiger partial charge in [-0.05, 0) is 31.0 Å². The van der Waals surface area contributed by atoms with Gasteiger partial charge in [0.1, 0.15) is 23.9 Å². The van der Waals surface area contributed by atoms with Crippen LogP contribution in [0, 0.1) is 0 Å². The average molecular weight is 391 g/mol. The molecule has 3 atom stereocenters. The minimum atomic E-state index is -1.02. The molecule has 0 heterocycles. The van der Waals surface area contributed by atoms with Crippen LogP contribution in [0.1, 0.15) is 12.5 Å². The lowest BCUT2D eigenvalue weighted by Crippen LogP contribution is -2.32. The minimum Gasteiger partial charge on any atom is -0.508 e. The Kier molecular flexibility index (Phi) is 13.8. The smallest absolute Gasteiger partial charge is 0.321 e. The van der Waals surface area contributed by atoms with Crippen LogP contribution in [0.4, 0.5) is 0 Å². The standard InChI is InChI=1S/C9H11NO3.C3H7NO2S.C3H7NO2/c10-8(9(12)13)5-6-1-3-7(11)4-2-6;4-2(1-7)3(5)6;1-2(4)3(5)6/h1-4,8,11H,5,10H2,(H,12,13);2,7H,1,4H2,(H,5,6);2H,4H2,1H3,(H,5,6)/t8-;2*2-/m000/s1. The van der Waals surface area contributed by atoms with Crippen molar-refractivity contribution in [1.29, 1.82) is 0 Å². The summed E-state index contributed by atoms with van der Waals surface area (Å²) in [6.45, 7) is 1.42. The molecule has 0 fully saturated rings. The molecule has 10 N–H and O–H groups in total. The van der Waals surface area contributed by atoms with Gasteiger partial charge in [-0.2, -0.15) is 12.6 Å². The van der Waals surface area contributed by atoms with Gasteiger partial charge in [0.15, 0.2) is 0 Å². The van der Waals surface area contributed by atoms with E-state index in [1.165, 1.54) is 19.1 Å². The van der Waals surface area contributed by atoms with E-state index in [1.807, 2.05) is 0 Å². The van der Waals surface area contributed by atoms with Gasteiger partial charge in [0.05, 0.1) is 0 Å². The monoisotopic (exact) mass is 391 g/mol. The van der Waals surface area contributed by atoms with E-state index in [2.05, 4.69) is 12.6 Å². The third-order valence-electron chi connectivity index (χ3n) is 2.61. The Labute approximate surface area is 156 Å². The number of phenols is 1. The molecular weight excluding hydrogens is 366 g/mol. The number of carboxylic acids is 3. The van der Waals surface area contributed by atoms with Crippen LogP contribution in [-0.2, 0) is 20.8 Å². The molecule has 0 bridgehead atoms. The second kappa shape index (κ2) is 13.9. The molecule has 11 heteroatoms. The van der Waals surface area contributed by atoms with Gasteiger partial charge in [0.2, 0.25) is 0 Å². The number of carboxylic acid groups (broad SMARTS) is 3. The molecule has 0 aromatic heterocycles. The molecule has 0 aliphatic rings. The Bertz CT molecular complexity index is 567. The molecule has 0 unspecified atom stereocenters. The highest BCUT2D eigenvalue weighted by atomic mass is 32.1. The number of benzene rings is 1. The molecule has 10 nitrogen and oxygen atoms in total. The highest BCUT2D eigenvalue weighted by Crippen LogP contribution is 2.10. The number of hydrogen-bond donors (Lipinski definition) is 8. The van der Waals surface area contributed by atoms with Crippen LogP contribution in [0.3, 0.4) is 0 Å². The summed E-state index contributed by atoms with van der Waals surface area (Å²) in [4.78, 5) is 29.7. The molecule has 26 heavy (non-hydrogen) atoms. The highest BCUT2D eigenvalue weighted by Gasteiger charge is 2.11. The molecule has 1 aromatic carbocycles. The molecule has 0 aliphatic heterocycles. The molecule has 0 saturated carbocycles. The Hall–Kier alpha value is -2.34. The second-order valence-electron chi connectivity index (χ2n) is 5.07. The van der Waals surface area contributed by atoms with Crippen molar-refractivity contribution in [3.63, 3.8) is 0 Å². The number of aliphatic carboxylic acids is 3. The van der Waals surface area contributed by atoms with E-state index in [0.717, 1.165) is 5.56 Å². The zero-order valence-electron chi connectivity index (χ0n) is 14.1. The summed E-state index contributed by atoms with van der Waals surface area (Å²) in [6, 6.07) is 3.88. The van der Waals surface area contributed by atoms with Crippen LogP contribution in [0.25, 0.3) is 0 Å². The first kappa shape index (κ1) is 25.9. The first-order valence-corrected chi connectivity index (χ1v) is 7.89. The molecule has 0 aliphatic carbocycles. The van der Waals surface area contributed by atoms with E-state index in [4.69, 9.17) is 37.6 Å². The third-order valence-corrected chi connectivity index (χ3v) is 3.01. The van der Waals surface area contributed by atoms with Crippen molar-refractivity contribution in [3.05, 3.63) is 29.8 Å². The highest BCUT2D eigenvalue weighted by molar-refractivity contribution is 7.80. The maximum atomic E-state index is 10.4. The van der Waals surface area contributed by atoms with Crippen molar-refractivity contribution < 1.29 is 34.8 Å². The molecule has 0 amide bonds. The van der Waals surface area contributed by atoms with Crippen LogP contribution in [0.5, 0.6) is 5.75 Å². The first-order valence-electron chi connectivity index (χ1n) is 7.26. The second-order valence-corrected chi connectivity index (χ2v) is 5.43. The number of nitrogens with two attached hydrogens (primary N) is 3. The molecule has 0 saturated heterocycles. The van der Waals surface area contributed by atoms with Crippen molar-refractivity contribution >= 4 is 30.5 Å². The minimum absolute atomic E-state index is 0.160. The molecule has 1 aromatic rings. The van der Waals surface area contributed by atoms with Crippen molar-refractivity contribution in [2.75, 3.05) is 5.75 Å². The number of aromatic hydroxyl groups is 1. The summed E-state index contributed by atoms with van der Waals surface area (Å²) < 4.78 is 0. The van der Waals surface area contributed by atoms with E-state index in [1.54, 1.807) is 12.1 Å². The summed E-state index contributed by atoms with van der Waals surface area (Å²) in [5.74, 6) is -2.64. The van der Waals surface area contributed by atoms with Crippen LogP contribution in [-0.4, -0.2) is 62.2 Å². The summed E-state index contributed by atoms with van der Waals surface area (Å²) in [5, 5.41) is 33.3. The summed E-state index contributed by atoms with van der Waals surface area (Å²) >= 11 is 3.65. The van der Waals surface area contributed by atoms with Crippen LogP contribution < -0.4 is 17.2 Å². The maximum absolute atomic E-state index is 10.4. The SMILES string of the molecule is C[C@H](N)C(=O)O.N[C@@H](CS)C(=O)O.N[C@@H](Cc1ccc(O)cc1)C(=O)O. The number of phenolic OH excluding ortho intramolecular Hbond substituents is 1. The van der Waals surface area contributed by atoms with Gasteiger partial charge >= 0.3 is 17.9 Å². The van der Waals surface area contributed by atoms with Crippen molar-refractivity contribution in [1.82, 2.24) is 0 Å². The lowest BCUT2D eigenvalue weighted by molar-refractivity contribution is -0.139. The van der Waals surface area contributed by atoms with Crippen LogP contribution >= 0.6 is 12.6 Å². The topological polar surface area (TPSA) is 210 Å². The van der Waals surface area contributed by atoms with Gasteiger partial charge < -0.3 is 37.6 Å². The summed E-state index contributed by atoms with van der Waals surface area (Å²) in [7, 11) is 0. The fraction of sp³-hybridized carbons (Fsp3) is 0.400. The van der Waals surface area contributed by atoms with Crippen molar-refractivity contribution in [3.8, 4) is 5.75 Å².